The second-order valence-electron chi connectivity index (χ2n) is 4.24. The van der Waals surface area contributed by atoms with Crippen molar-refractivity contribution in [1.82, 2.24) is 5.32 Å². The van der Waals surface area contributed by atoms with Crippen molar-refractivity contribution >= 4 is 30.1 Å². The van der Waals surface area contributed by atoms with E-state index in [1.165, 1.54) is 18.6 Å². The van der Waals surface area contributed by atoms with Crippen LogP contribution in [-0.2, 0) is 4.79 Å². The Labute approximate surface area is 109 Å². The van der Waals surface area contributed by atoms with Gasteiger partial charge in [0.2, 0.25) is 5.91 Å². The summed E-state index contributed by atoms with van der Waals surface area (Å²) in [6.07, 6.45) is 4.74. The summed E-state index contributed by atoms with van der Waals surface area (Å²) >= 11 is 2.01. The molecule has 1 aliphatic carbocycles. The van der Waals surface area contributed by atoms with Gasteiger partial charge >= 0.3 is 0 Å². The smallest absolute Gasteiger partial charge is 0.236 e. The molecule has 0 aromatic rings. The van der Waals surface area contributed by atoms with Gasteiger partial charge in [0.05, 0.1) is 6.04 Å². The van der Waals surface area contributed by atoms with Crippen LogP contribution in [0.25, 0.3) is 0 Å². The molecule has 0 saturated heterocycles. The van der Waals surface area contributed by atoms with E-state index in [1.807, 2.05) is 11.8 Å². The van der Waals surface area contributed by atoms with Crippen LogP contribution in [-0.4, -0.2) is 29.0 Å². The first-order valence-corrected chi connectivity index (χ1v) is 6.86. The Balaban J connectivity index is 0.00000225. The maximum atomic E-state index is 11.4. The summed E-state index contributed by atoms with van der Waals surface area (Å²) in [6, 6.07) is -0.0366. The molecule has 1 saturated carbocycles. The molecular formula is C11H23ClN2OS. The monoisotopic (exact) mass is 266 g/mol. The van der Waals surface area contributed by atoms with Gasteiger partial charge in [0.25, 0.3) is 0 Å². The number of hydrogen-bond donors (Lipinski definition) is 2. The van der Waals surface area contributed by atoms with E-state index in [0.717, 1.165) is 18.1 Å². The van der Waals surface area contributed by atoms with E-state index in [-0.39, 0.29) is 24.4 Å². The standard InChI is InChI=1S/C11H22N2OS.ClH/c1-3-15-10-6-4-5-9(7-10)13-11(14)8(2)12;/h8-10H,3-7,12H2,1-2H3,(H,13,14);1H/t8-,9?,10?;/m0./s1. The molecule has 1 fully saturated rings. The molecule has 0 spiro atoms. The number of halogens is 1. The molecule has 0 aliphatic heterocycles. The molecule has 0 aromatic heterocycles. The zero-order chi connectivity index (χ0) is 11.3. The van der Waals surface area contributed by atoms with Gasteiger partial charge in [0.1, 0.15) is 0 Å². The molecule has 0 heterocycles. The molecule has 16 heavy (non-hydrogen) atoms. The fraction of sp³-hybridized carbons (Fsp3) is 0.909. The molecule has 1 aliphatic rings. The second-order valence-corrected chi connectivity index (χ2v) is 5.82. The fourth-order valence-electron chi connectivity index (χ4n) is 2.00. The van der Waals surface area contributed by atoms with Gasteiger partial charge in [0, 0.05) is 11.3 Å². The third-order valence-corrected chi connectivity index (χ3v) is 4.02. The van der Waals surface area contributed by atoms with Gasteiger partial charge in [-0.3, -0.25) is 4.79 Å². The van der Waals surface area contributed by atoms with Crippen LogP contribution in [0.2, 0.25) is 0 Å². The Morgan fingerprint density at radius 3 is 2.81 bits per heavy atom. The molecule has 5 heteroatoms. The maximum Gasteiger partial charge on any atom is 0.236 e. The van der Waals surface area contributed by atoms with Crippen LogP contribution in [0.3, 0.4) is 0 Å². The van der Waals surface area contributed by atoms with Crippen molar-refractivity contribution in [3.05, 3.63) is 0 Å². The van der Waals surface area contributed by atoms with Crippen LogP contribution in [0, 0.1) is 0 Å². The summed E-state index contributed by atoms with van der Waals surface area (Å²) < 4.78 is 0. The van der Waals surface area contributed by atoms with Crippen LogP contribution in [0.4, 0.5) is 0 Å². The average molecular weight is 267 g/mol. The first kappa shape index (κ1) is 16.1. The lowest BCUT2D eigenvalue weighted by molar-refractivity contribution is -0.122. The summed E-state index contributed by atoms with van der Waals surface area (Å²) in [7, 11) is 0. The van der Waals surface area contributed by atoms with Gasteiger partial charge in [-0.1, -0.05) is 13.3 Å². The summed E-state index contributed by atoms with van der Waals surface area (Å²) in [5.74, 6) is 1.15. The predicted molar refractivity (Wildman–Crippen MR) is 73.2 cm³/mol. The fourth-order valence-corrected chi connectivity index (χ4v) is 3.17. The van der Waals surface area contributed by atoms with Crippen LogP contribution in [0.5, 0.6) is 0 Å². The number of thioether (sulfide) groups is 1. The number of amides is 1. The SMILES string of the molecule is CCSC1CCCC(NC(=O)[C@H](C)N)C1.Cl. The lowest BCUT2D eigenvalue weighted by atomic mass is 9.95. The Bertz CT molecular complexity index is 212. The Morgan fingerprint density at radius 2 is 2.25 bits per heavy atom. The van der Waals surface area contributed by atoms with Crippen molar-refractivity contribution < 1.29 is 4.79 Å². The summed E-state index contributed by atoms with van der Waals surface area (Å²) in [5.41, 5.74) is 5.53. The topological polar surface area (TPSA) is 55.1 Å². The Morgan fingerprint density at radius 1 is 1.56 bits per heavy atom. The highest BCUT2D eigenvalue weighted by Gasteiger charge is 2.23. The Kier molecular flexibility index (Phi) is 8.24. The first-order valence-electron chi connectivity index (χ1n) is 5.81. The van der Waals surface area contributed by atoms with Gasteiger partial charge in [-0.25, -0.2) is 0 Å². The van der Waals surface area contributed by atoms with E-state index in [1.54, 1.807) is 6.92 Å². The van der Waals surface area contributed by atoms with E-state index in [0.29, 0.717) is 6.04 Å². The third-order valence-electron chi connectivity index (χ3n) is 2.79. The van der Waals surface area contributed by atoms with Gasteiger partial charge in [-0.05, 0) is 31.9 Å². The maximum absolute atomic E-state index is 11.4. The minimum atomic E-state index is -0.385. The summed E-state index contributed by atoms with van der Waals surface area (Å²) in [4.78, 5) is 11.4. The predicted octanol–water partition coefficient (Wildman–Crippen LogP) is 1.94. The number of carbonyl (C=O) groups is 1. The van der Waals surface area contributed by atoms with E-state index < -0.39 is 0 Å². The quantitative estimate of drug-likeness (QED) is 0.818. The van der Waals surface area contributed by atoms with Crippen molar-refractivity contribution in [2.75, 3.05) is 5.75 Å². The molecule has 1 rings (SSSR count). The van der Waals surface area contributed by atoms with E-state index >= 15 is 0 Å². The van der Waals surface area contributed by atoms with E-state index in [2.05, 4.69) is 12.2 Å². The van der Waals surface area contributed by atoms with Gasteiger partial charge in [-0.15, -0.1) is 12.4 Å². The largest absolute Gasteiger partial charge is 0.352 e. The highest BCUT2D eigenvalue weighted by atomic mass is 35.5. The second kappa shape index (κ2) is 8.20. The highest BCUT2D eigenvalue weighted by Crippen LogP contribution is 2.28. The van der Waals surface area contributed by atoms with Crippen molar-refractivity contribution in [2.45, 2.75) is 56.9 Å². The van der Waals surface area contributed by atoms with Crippen LogP contribution >= 0.6 is 24.2 Å². The van der Waals surface area contributed by atoms with Gasteiger partial charge in [-0.2, -0.15) is 11.8 Å². The zero-order valence-corrected chi connectivity index (χ0v) is 11.7. The first-order chi connectivity index (χ1) is 7.13. The molecular weight excluding hydrogens is 244 g/mol. The lowest BCUT2D eigenvalue weighted by Gasteiger charge is -2.29. The summed E-state index contributed by atoms with van der Waals surface area (Å²) in [6.45, 7) is 3.92. The molecule has 0 aromatic carbocycles. The van der Waals surface area contributed by atoms with Crippen molar-refractivity contribution in [3.8, 4) is 0 Å². The number of nitrogens with one attached hydrogen (secondary N) is 1. The minimum Gasteiger partial charge on any atom is -0.352 e. The number of hydrogen-bond acceptors (Lipinski definition) is 3. The number of carbonyl (C=O) groups excluding carboxylic acids is 1. The van der Waals surface area contributed by atoms with Crippen molar-refractivity contribution in [3.63, 3.8) is 0 Å². The van der Waals surface area contributed by atoms with Crippen LogP contribution < -0.4 is 11.1 Å². The van der Waals surface area contributed by atoms with Crippen LogP contribution in [0.1, 0.15) is 39.5 Å². The lowest BCUT2D eigenvalue weighted by Crippen LogP contribution is -2.45. The molecule has 1 amide bonds. The number of nitrogens with two attached hydrogens (primary N) is 1. The van der Waals surface area contributed by atoms with Crippen molar-refractivity contribution in [1.29, 1.82) is 0 Å². The zero-order valence-electron chi connectivity index (χ0n) is 10.1. The molecule has 3 atom stereocenters. The molecule has 0 radical (unpaired) electrons. The average Bonchev–Trinajstić information content (AvgIpc) is 2.18. The molecule has 3 N–H and O–H groups in total. The van der Waals surface area contributed by atoms with Gasteiger partial charge in [0.15, 0.2) is 0 Å². The van der Waals surface area contributed by atoms with Crippen LogP contribution in [0.15, 0.2) is 0 Å². The molecule has 96 valence electrons. The normalized spacial score (nSPS) is 26.7. The van der Waals surface area contributed by atoms with Crippen molar-refractivity contribution in [2.24, 2.45) is 5.73 Å². The third kappa shape index (κ3) is 5.41. The summed E-state index contributed by atoms with van der Waals surface area (Å²) in [5, 5.41) is 3.75. The Hall–Kier alpha value is 0.0700. The molecule has 2 unspecified atom stereocenters. The van der Waals surface area contributed by atoms with E-state index in [4.69, 9.17) is 5.73 Å². The molecule has 0 bridgehead atoms. The van der Waals surface area contributed by atoms with Gasteiger partial charge < -0.3 is 11.1 Å². The molecule has 3 nitrogen and oxygen atoms in total. The number of rotatable bonds is 4. The van der Waals surface area contributed by atoms with E-state index in [9.17, 15) is 4.79 Å². The highest BCUT2D eigenvalue weighted by molar-refractivity contribution is 7.99. The minimum absolute atomic E-state index is 0.